The maximum absolute atomic E-state index is 11.9. The number of hydrogen-bond acceptors (Lipinski definition) is 4. The van der Waals surface area contributed by atoms with E-state index >= 15 is 0 Å². The number of piperidine rings is 1. The molecule has 0 radical (unpaired) electrons. The summed E-state index contributed by atoms with van der Waals surface area (Å²) in [5, 5.41) is 6.34. The van der Waals surface area contributed by atoms with E-state index in [2.05, 4.69) is 44.8 Å². The van der Waals surface area contributed by atoms with Crippen molar-refractivity contribution in [3.8, 4) is 0 Å². The lowest BCUT2D eigenvalue weighted by Gasteiger charge is -2.26. The van der Waals surface area contributed by atoms with Crippen molar-refractivity contribution in [1.82, 2.24) is 15.5 Å². The molecule has 0 bridgehead atoms. The van der Waals surface area contributed by atoms with Crippen LogP contribution in [0.25, 0.3) is 0 Å². The third kappa shape index (κ3) is 8.80. The minimum atomic E-state index is -3.15. The van der Waals surface area contributed by atoms with Gasteiger partial charge in [0, 0.05) is 25.9 Å². The molecule has 0 aromatic heterocycles. The van der Waals surface area contributed by atoms with Gasteiger partial charge in [0.2, 0.25) is 0 Å². The van der Waals surface area contributed by atoms with Gasteiger partial charge in [-0.3, -0.25) is 4.90 Å². The number of halogens is 1. The van der Waals surface area contributed by atoms with Gasteiger partial charge in [-0.1, -0.05) is 30.7 Å². The molecule has 0 aliphatic carbocycles. The van der Waals surface area contributed by atoms with Gasteiger partial charge in [-0.25, -0.2) is 13.4 Å². The van der Waals surface area contributed by atoms with Crippen LogP contribution in [0.15, 0.2) is 29.3 Å². The van der Waals surface area contributed by atoms with Crippen molar-refractivity contribution < 1.29 is 8.42 Å². The topological polar surface area (TPSA) is 73.8 Å². The first-order valence-electron chi connectivity index (χ1n) is 10.2. The summed E-state index contributed by atoms with van der Waals surface area (Å²) in [6, 6.07) is 8.64. The molecule has 0 spiro atoms. The zero-order chi connectivity index (χ0) is 20.6. The first kappa shape index (κ1) is 26.2. The van der Waals surface area contributed by atoms with E-state index in [1.807, 2.05) is 6.92 Å². The van der Waals surface area contributed by atoms with Crippen LogP contribution >= 0.6 is 24.0 Å². The number of benzene rings is 1. The van der Waals surface area contributed by atoms with Gasteiger partial charge >= 0.3 is 0 Å². The Hall–Kier alpha value is -0.870. The highest BCUT2D eigenvalue weighted by molar-refractivity contribution is 14.0. The van der Waals surface area contributed by atoms with Gasteiger partial charge in [-0.2, -0.15) is 0 Å². The van der Waals surface area contributed by atoms with Gasteiger partial charge in [0.15, 0.2) is 15.8 Å². The summed E-state index contributed by atoms with van der Waals surface area (Å²) in [7, 11) is -3.15. The van der Waals surface area contributed by atoms with Gasteiger partial charge in [-0.05, 0) is 57.8 Å². The van der Waals surface area contributed by atoms with Crippen LogP contribution in [-0.4, -0.2) is 56.5 Å². The molecule has 0 atom stereocenters. The molecule has 1 aliphatic rings. The molecular formula is C21H37IN4O2S. The Labute approximate surface area is 193 Å². The summed E-state index contributed by atoms with van der Waals surface area (Å²) < 4.78 is 22.9. The first-order chi connectivity index (χ1) is 13.2. The third-order valence-corrected chi connectivity index (χ3v) is 7.48. The van der Waals surface area contributed by atoms with Gasteiger partial charge < -0.3 is 10.6 Å². The molecule has 2 N–H and O–H groups in total. The van der Waals surface area contributed by atoms with Crippen LogP contribution in [-0.2, 0) is 22.9 Å². The fourth-order valence-electron chi connectivity index (χ4n) is 3.07. The quantitative estimate of drug-likeness (QED) is 0.304. The number of sulfone groups is 1. The predicted molar refractivity (Wildman–Crippen MR) is 133 cm³/mol. The van der Waals surface area contributed by atoms with Gasteiger partial charge in [0.1, 0.15) is 0 Å². The minimum absolute atomic E-state index is 0. The second-order valence-electron chi connectivity index (χ2n) is 8.23. The van der Waals surface area contributed by atoms with E-state index in [1.54, 1.807) is 13.8 Å². The average molecular weight is 537 g/mol. The second kappa shape index (κ2) is 12.1. The maximum atomic E-state index is 11.9. The molecule has 1 fully saturated rings. The van der Waals surface area contributed by atoms with Crippen LogP contribution in [0.4, 0.5) is 0 Å². The highest BCUT2D eigenvalue weighted by Gasteiger charge is 2.30. The highest BCUT2D eigenvalue weighted by atomic mass is 127. The van der Waals surface area contributed by atoms with E-state index in [0.29, 0.717) is 19.0 Å². The number of rotatable bonds is 8. The zero-order valence-electron chi connectivity index (χ0n) is 18.2. The van der Waals surface area contributed by atoms with Crippen molar-refractivity contribution in [3.05, 3.63) is 35.4 Å². The zero-order valence-corrected chi connectivity index (χ0v) is 21.3. The maximum Gasteiger partial charge on any atom is 0.191 e. The molecule has 1 aliphatic heterocycles. The molecule has 29 heavy (non-hydrogen) atoms. The van der Waals surface area contributed by atoms with Crippen molar-refractivity contribution in [2.45, 2.75) is 57.9 Å². The molecule has 6 nitrogen and oxygen atoms in total. The third-order valence-electron chi connectivity index (χ3n) is 5.33. The summed E-state index contributed by atoms with van der Waals surface area (Å²) in [4.78, 5) is 7.12. The summed E-state index contributed by atoms with van der Waals surface area (Å²) in [6.07, 6.45) is 5.24. The Balaban J connectivity index is 0.00000420. The van der Waals surface area contributed by atoms with Crippen molar-refractivity contribution in [2.75, 3.05) is 32.4 Å². The van der Waals surface area contributed by atoms with Crippen LogP contribution in [0, 0.1) is 0 Å². The van der Waals surface area contributed by atoms with E-state index in [-0.39, 0.29) is 24.0 Å². The Morgan fingerprint density at radius 1 is 1.07 bits per heavy atom. The van der Waals surface area contributed by atoms with E-state index in [4.69, 9.17) is 0 Å². The Bertz CT molecular complexity index is 742. The monoisotopic (exact) mass is 536 g/mol. The summed E-state index contributed by atoms with van der Waals surface area (Å²) in [6.45, 7) is 10.5. The number of likely N-dealkylation sites (tertiary alicyclic amines) is 1. The molecule has 1 aromatic rings. The van der Waals surface area contributed by atoms with Gasteiger partial charge in [0.25, 0.3) is 0 Å². The normalized spacial score (nSPS) is 16.2. The molecule has 1 heterocycles. The van der Waals surface area contributed by atoms with E-state index in [1.165, 1.54) is 44.2 Å². The lowest BCUT2D eigenvalue weighted by Crippen LogP contribution is -2.47. The first-order valence-corrected chi connectivity index (χ1v) is 12.1. The molecule has 0 unspecified atom stereocenters. The molecule has 0 amide bonds. The van der Waals surface area contributed by atoms with Gasteiger partial charge in [-0.15, -0.1) is 24.0 Å². The Morgan fingerprint density at radius 2 is 1.66 bits per heavy atom. The van der Waals surface area contributed by atoms with Crippen molar-refractivity contribution in [2.24, 2.45) is 4.99 Å². The highest BCUT2D eigenvalue weighted by Crippen LogP contribution is 2.15. The van der Waals surface area contributed by atoms with Crippen molar-refractivity contribution >= 4 is 39.8 Å². The van der Waals surface area contributed by atoms with Crippen LogP contribution < -0.4 is 10.6 Å². The number of nitrogens with one attached hydrogen (secondary N) is 2. The van der Waals surface area contributed by atoms with Crippen molar-refractivity contribution in [3.63, 3.8) is 0 Å². The van der Waals surface area contributed by atoms with Crippen LogP contribution in [0.2, 0.25) is 0 Å². The smallest absolute Gasteiger partial charge is 0.191 e. The van der Waals surface area contributed by atoms with Crippen LogP contribution in [0.3, 0.4) is 0 Å². The van der Waals surface area contributed by atoms with Crippen LogP contribution in [0.5, 0.6) is 0 Å². The summed E-state index contributed by atoms with van der Waals surface area (Å²) in [5.74, 6) is 0.636. The van der Waals surface area contributed by atoms with E-state index < -0.39 is 14.6 Å². The molecule has 0 saturated carbocycles. The molecule has 166 valence electrons. The summed E-state index contributed by atoms with van der Waals surface area (Å²) in [5.41, 5.74) is 2.48. The van der Waals surface area contributed by atoms with Crippen molar-refractivity contribution in [1.29, 1.82) is 0 Å². The number of nitrogens with zero attached hydrogens (tertiary/aromatic N) is 2. The molecular weight excluding hydrogens is 499 g/mol. The standard InChI is InChI=1S/C21H36N4O2S.HI/c1-5-22-20(24-17-21(2,3)28(4,26)27)23-15-18-9-11-19(12-10-18)16-25-13-7-6-8-14-25;/h9-12H,5-8,13-17H2,1-4H3,(H2,22,23,24);1H. The van der Waals surface area contributed by atoms with E-state index in [0.717, 1.165) is 18.7 Å². The van der Waals surface area contributed by atoms with Gasteiger partial charge in [0.05, 0.1) is 11.3 Å². The molecule has 2 rings (SSSR count). The lowest BCUT2D eigenvalue weighted by molar-refractivity contribution is 0.221. The molecule has 1 saturated heterocycles. The molecule has 1 aromatic carbocycles. The lowest BCUT2D eigenvalue weighted by atomic mass is 10.1. The number of hydrogen-bond donors (Lipinski definition) is 2. The largest absolute Gasteiger partial charge is 0.357 e. The fraction of sp³-hybridized carbons (Fsp3) is 0.667. The Kier molecular flexibility index (Phi) is 10.9. The average Bonchev–Trinajstić information content (AvgIpc) is 2.65. The second-order valence-corrected chi connectivity index (χ2v) is 10.9. The fourth-order valence-corrected chi connectivity index (χ4v) is 3.40. The number of guanidine groups is 1. The number of aliphatic imine (C=N–C) groups is 1. The Morgan fingerprint density at radius 3 is 2.21 bits per heavy atom. The summed E-state index contributed by atoms with van der Waals surface area (Å²) >= 11 is 0. The predicted octanol–water partition coefficient (Wildman–Crippen LogP) is 3.17. The van der Waals surface area contributed by atoms with Crippen LogP contribution in [0.1, 0.15) is 51.2 Å². The SMILES string of the molecule is CCNC(=NCc1ccc(CN2CCCCC2)cc1)NCC(C)(C)S(C)(=O)=O.I. The molecule has 8 heteroatoms. The minimum Gasteiger partial charge on any atom is -0.357 e. The van der Waals surface area contributed by atoms with E-state index in [9.17, 15) is 8.42 Å².